The van der Waals surface area contributed by atoms with Crippen LogP contribution in [0, 0.1) is 5.82 Å². The summed E-state index contributed by atoms with van der Waals surface area (Å²) in [5.41, 5.74) is 7.36. The van der Waals surface area contributed by atoms with Crippen molar-refractivity contribution in [1.29, 1.82) is 0 Å². The van der Waals surface area contributed by atoms with Crippen LogP contribution in [0.3, 0.4) is 0 Å². The van der Waals surface area contributed by atoms with Crippen molar-refractivity contribution in [2.24, 2.45) is 0 Å². The van der Waals surface area contributed by atoms with Crippen LogP contribution >= 0.6 is 0 Å². The number of carbonyl (C=O) groups excluding carboxylic acids is 1. The SMILES string of the molecule is COc1ccc(N)cc1C(=O)NC(C)c1ccc(F)cc1. The first-order valence-corrected chi connectivity index (χ1v) is 6.51. The van der Waals surface area contributed by atoms with Gasteiger partial charge in [-0.05, 0) is 42.8 Å². The number of carbonyl (C=O) groups is 1. The Bertz CT molecular complexity index is 641. The van der Waals surface area contributed by atoms with Gasteiger partial charge in [0.15, 0.2) is 0 Å². The van der Waals surface area contributed by atoms with Gasteiger partial charge in [-0.3, -0.25) is 4.79 Å². The fourth-order valence-corrected chi connectivity index (χ4v) is 2.01. The van der Waals surface area contributed by atoms with E-state index < -0.39 is 0 Å². The number of nitrogens with one attached hydrogen (secondary N) is 1. The second-order valence-corrected chi connectivity index (χ2v) is 4.71. The third kappa shape index (κ3) is 3.51. The molecule has 3 N–H and O–H groups in total. The van der Waals surface area contributed by atoms with E-state index in [2.05, 4.69) is 5.32 Å². The molecule has 0 fully saturated rings. The van der Waals surface area contributed by atoms with Gasteiger partial charge in [0.25, 0.3) is 5.91 Å². The van der Waals surface area contributed by atoms with Crippen molar-refractivity contribution in [3.05, 3.63) is 59.4 Å². The Morgan fingerprint density at radius 1 is 1.24 bits per heavy atom. The van der Waals surface area contributed by atoms with Gasteiger partial charge in [-0.1, -0.05) is 12.1 Å². The number of rotatable bonds is 4. The first-order chi connectivity index (χ1) is 10.0. The number of benzene rings is 2. The van der Waals surface area contributed by atoms with E-state index in [9.17, 15) is 9.18 Å². The topological polar surface area (TPSA) is 64.3 Å². The van der Waals surface area contributed by atoms with E-state index in [1.54, 1.807) is 30.3 Å². The highest BCUT2D eigenvalue weighted by atomic mass is 19.1. The molecule has 4 nitrogen and oxygen atoms in total. The summed E-state index contributed by atoms with van der Waals surface area (Å²) < 4.78 is 18.1. The van der Waals surface area contributed by atoms with E-state index in [0.29, 0.717) is 17.0 Å². The number of nitrogens with two attached hydrogens (primary N) is 1. The van der Waals surface area contributed by atoms with E-state index >= 15 is 0 Å². The zero-order valence-electron chi connectivity index (χ0n) is 11.9. The van der Waals surface area contributed by atoms with E-state index in [4.69, 9.17) is 10.5 Å². The Labute approximate surface area is 122 Å². The summed E-state index contributed by atoms with van der Waals surface area (Å²) in [5, 5.41) is 2.84. The van der Waals surface area contributed by atoms with Crippen molar-refractivity contribution in [3.8, 4) is 5.75 Å². The van der Waals surface area contributed by atoms with E-state index in [0.717, 1.165) is 5.56 Å². The van der Waals surface area contributed by atoms with Gasteiger partial charge in [-0.2, -0.15) is 0 Å². The lowest BCUT2D eigenvalue weighted by molar-refractivity contribution is 0.0937. The van der Waals surface area contributed by atoms with Gasteiger partial charge < -0.3 is 15.8 Å². The lowest BCUT2D eigenvalue weighted by Crippen LogP contribution is -2.27. The fraction of sp³-hybridized carbons (Fsp3) is 0.188. The molecule has 0 aliphatic heterocycles. The predicted octanol–water partition coefficient (Wildman–Crippen LogP) is 2.91. The molecule has 1 atom stereocenters. The summed E-state index contributed by atoms with van der Waals surface area (Å²) in [4.78, 5) is 12.3. The summed E-state index contributed by atoms with van der Waals surface area (Å²) in [6, 6.07) is 10.6. The average Bonchev–Trinajstić information content (AvgIpc) is 2.47. The number of nitrogen functional groups attached to an aromatic ring is 1. The third-order valence-electron chi connectivity index (χ3n) is 3.19. The number of halogens is 1. The van der Waals surface area contributed by atoms with Crippen LogP contribution in [-0.4, -0.2) is 13.0 Å². The maximum Gasteiger partial charge on any atom is 0.255 e. The van der Waals surface area contributed by atoms with E-state index in [-0.39, 0.29) is 17.8 Å². The molecule has 5 heteroatoms. The monoisotopic (exact) mass is 288 g/mol. The maximum absolute atomic E-state index is 12.9. The molecular weight excluding hydrogens is 271 g/mol. The Kier molecular flexibility index (Phi) is 4.42. The molecule has 1 unspecified atom stereocenters. The molecule has 0 saturated heterocycles. The smallest absolute Gasteiger partial charge is 0.255 e. The van der Waals surface area contributed by atoms with Crippen LogP contribution in [0.2, 0.25) is 0 Å². The van der Waals surface area contributed by atoms with Crippen molar-refractivity contribution in [3.63, 3.8) is 0 Å². The van der Waals surface area contributed by atoms with Crippen LogP contribution in [0.5, 0.6) is 5.75 Å². The van der Waals surface area contributed by atoms with Gasteiger partial charge in [0.1, 0.15) is 11.6 Å². The van der Waals surface area contributed by atoms with Gasteiger partial charge in [-0.25, -0.2) is 4.39 Å². The zero-order chi connectivity index (χ0) is 15.4. The van der Waals surface area contributed by atoms with Crippen LogP contribution in [-0.2, 0) is 0 Å². The van der Waals surface area contributed by atoms with Crippen LogP contribution in [0.25, 0.3) is 0 Å². The normalized spacial score (nSPS) is 11.8. The molecule has 0 heterocycles. The number of anilines is 1. The van der Waals surface area contributed by atoms with Gasteiger partial charge >= 0.3 is 0 Å². The maximum atomic E-state index is 12.9. The zero-order valence-corrected chi connectivity index (χ0v) is 11.9. The van der Waals surface area contributed by atoms with Crippen molar-refractivity contribution in [2.75, 3.05) is 12.8 Å². The van der Waals surface area contributed by atoms with Crippen molar-refractivity contribution in [2.45, 2.75) is 13.0 Å². The van der Waals surface area contributed by atoms with Crippen LogP contribution in [0.15, 0.2) is 42.5 Å². The number of ether oxygens (including phenoxy) is 1. The lowest BCUT2D eigenvalue weighted by atomic mass is 10.1. The van der Waals surface area contributed by atoms with E-state index in [1.165, 1.54) is 19.2 Å². The number of hydrogen-bond donors (Lipinski definition) is 2. The van der Waals surface area contributed by atoms with Crippen LogP contribution in [0.1, 0.15) is 28.9 Å². The van der Waals surface area contributed by atoms with Gasteiger partial charge in [0.2, 0.25) is 0 Å². The van der Waals surface area contributed by atoms with Crippen LogP contribution in [0.4, 0.5) is 10.1 Å². The van der Waals surface area contributed by atoms with Crippen LogP contribution < -0.4 is 15.8 Å². The molecule has 0 saturated carbocycles. The molecule has 0 aromatic heterocycles. The Morgan fingerprint density at radius 3 is 2.52 bits per heavy atom. The molecule has 110 valence electrons. The second kappa shape index (κ2) is 6.26. The molecule has 0 bridgehead atoms. The number of amides is 1. The minimum atomic E-state index is -0.310. The molecule has 0 aliphatic carbocycles. The minimum Gasteiger partial charge on any atom is -0.496 e. The largest absolute Gasteiger partial charge is 0.496 e. The van der Waals surface area contributed by atoms with E-state index in [1.807, 2.05) is 6.92 Å². The summed E-state index contributed by atoms with van der Waals surface area (Å²) in [6.07, 6.45) is 0. The Hall–Kier alpha value is -2.56. The number of methoxy groups -OCH3 is 1. The molecule has 1 amide bonds. The summed E-state index contributed by atoms with van der Waals surface area (Å²) in [6.45, 7) is 1.82. The summed E-state index contributed by atoms with van der Waals surface area (Å²) in [7, 11) is 1.49. The molecule has 21 heavy (non-hydrogen) atoms. The molecule has 0 radical (unpaired) electrons. The quantitative estimate of drug-likeness (QED) is 0.850. The van der Waals surface area contributed by atoms with Gasteiger partial charge in [-0.15, -0.1) is 0 Å². The average molecular weight is 288 g/mol. The molecule has 2 rings (SSSR count). The van der Waals surface area contributed by atoms with Crippen molar-refractivity contribution in [1.82, 2.24) is 5.32 Å². The molecular formula is C16H17FN2O2. The lowest BCUT2D eigenvalue weighted by Gasteiger charge is -2.16. The first-order valence-electron chi connectivity index (χ1n) is 6.51. The molecule has 0 aliphatic rings. The standard InChI is InChI=1S/C16H17FN2O2/c1-10(11-3-5-12(17)6-4-11)19-16(20)14-9-13(18)7-8-15(14)21-2/h3-10H,18H2,1-2H3,(H,19,20). The highest BCUT2D eigenvalue weighted by Gasteiger charge is 2.16. The molecule has 2 aromatic carbocycles. The summed E-state index contributed by atoms with van der Waals surface area (Å²) in [5.74, 6) is -0.154. The highest BCUT2D eigenvalue weighted by molar-refractivity contribution is 5.98. The minimum absolute atomic E-state index is 0.260. The highest BCUT2D eigenvalue weighted by Crippen LogP contribution is 2.22. The van der Waals surface area contributed by atoms with Crippen molar-refractivity contribution >= 4 is 11.6 Å². The molecule has 0 spiro atoms. The molecule has 2 aromatic rings. The first kappa shape index (κ1) is 14.8. The third-order valence-corrected chi connectivity index (χ3v) is 3.19. The van der Waals surface area contributed by atoms with Gasteiger partial charge in [0, 0.05) is 5.69 Å². The number of hydrogen-bond acceptors (Lipinski definition) is 3. The Morgan fingerprint density at radius 2 is 1.90 bits per heavy atom. The second-order valence-electron chi connectivity index (χ2n) is 4.71. The Balaban J connectivity index is 2.17. The predicted molar refractivity (Wildman–Crippen MR) is 79.7 cm³/mol. The van der Waals surface area contributed by atoms with Gasteiger partial charge in [0.05, 0.1) is 18.7 Å². The van der Waals surface area contributed by atoms with Crippen molar-refractivity contribution < 1.29 is 13.9 Å². The fourth-order valence-electron chi connectivity index (χ4n) is 2.01. The summed E-state index contributed by atoms with van der Waals surface area (Å²) >= 11 is 0.